The number of hydrogen-bond donors (Lipinski definition) is 0. The minimum absolute atomic E-state index is 0.181. The van der Waals surface area contributed by atoms with Gasteiger partial charge in [-0.25, -0.2) is 18.7 Å². The number of hydrogen-bond acceptors (Lipinski definition) is 4. The number of nitrogens with zero attached hydrogens (tertiary/aromatic N) is 2. The monoisotopic (exact) mass is 348 g/mol. The Morgan fingerprint density at radius 3 is 1.54 bits per heavy atom. The second kappa shape index (κ2) is 5.49. The van der Waals surface area contributed by atoms with Crippen LogP contribution in [0, 0.1) is 11.6 Å². The van der Waals surface area contributed by atoms with E-state index in [0.717, 1.165) is 0 Å². The fraction of sp³-hybridized carbons (Fsp3) is 0. The SMILES string of the molecule is Fc1ccccc1-c1nc2cc3nc(-c4ccccc4F)oc3cc2o1. The summed E-state index contributed by atoms with van der Waals surface area (Å²) in [4.78, 5) is 8.66. The minimum Gasteiger partial charge on any atom is -0.436 e. The van der Waals surface area contributed by atoms with Crippen LogP contribution in [0.5, 0.6) is 0 Å². The summed E-state index contributed by atoms with van der Waals surface area (Å²) in [6, 6.07) is 15.8. The molecule has 26 heavy (non-hydrogen) atoms. The predicted octanol–water partition coefficient (Wildman–Crippen LogP) is 5.58. The van der Waals surface area contributed by atoms with Gasteiger partial charge in [0.25, 0.3) is 0 Å². The summed E-state index contributed by atoms with van der Waals surface area (Å²) in [5.41, 5.74) is 2.47. The zero-order chi connectivity index (χ0) is 17.7. The highest BCUT2D eigenvalue weighted by atomic mass is 19.1. The first-order valence-electron chi connectivity index (χ1n) is 7.90. The third-order valence-electron chi connectivity index (χ3n) is 4.11. The highest BCUT2D eigenvalue weighted by molar-refractivity contribution is 5.91. The Kier molecular flexibility index (Phi) is 3.12. The molecule has 2 heterocycles. The van der Waals surface area contributed by atoms with Crippen LogP contribution in [0.2, 0.25) is 0 Å². The molecule has 0 aliphatic heterocycles. The lowest BCUT2D eigenvalue weighted by atomic mass is 10.2. The Labute approximate surface area is 145 Å². The van der Waals surface area contributed by atoms with Gasteiger partial charge in [0.05, 0.1) is 11.1 Å². The van der Waals surface area contributed by atoms with E-state index in [0.29, 0.717) is 22.2 Å². The van der Waals surface area contributed by atoms with Crippen molar-refractivity contribution in [3.8, 4) is 22.9 Å². The molecule has 0 saturated carbocycles. The van der Waals surface area contributed by atoms with Crippen LogP contribution in [-0.2, 0) is 0 Å². The van der Waals surface area contributed by atoms with Gasteiger partial charge in [-0.15, -0.1) is 0 Å². The number of aromatic nitrogens is 2. The van der Waals surface area contributed by atoms with E-state index < -0.39 is 11.6 Å². The topological polar surface area (TPSA) is 52.1 Å². The maximum absolute atomic E-state index is 13.9. The number of benzene rings is 3. The molecule has 6 heteroatoms. The van der Waals surface area contributed by atoms with Gasteiger partial charge in [0.2, 0.25) is 11.8 Å². The summed E-state index contributed by atoms with van der Waals surface area (Å²) in [5.74, 6) is -0.467. The van der Waals surface area contributed by atoms with Crippen LogP contribution in [0.1, 0.15) is 0 Å². The number of fused-ring (bicyclic) bond motifs is 2. The van der Waals surface area contributed by atoms with Crippen molar-refractivity contribution in [2.24, 2.45) is 0 Å². The molecule has 5 aromatic rings. The van der Waals surface area contributed by atoms with E-state index in [4.69, 9.17) is 8.83 Å². The maximum Gasteiger partial charge on any atom is 0.230 e. The molecule has 0 saturated heterocycles. The first-order valence-corrected chi connectivity index (χ1v) is 7.90. The van der Waals surface area contributed by atoms with E-state index in [-0.39, 0.29) is 22.9 Å². The molecular weight excluding hydrogens is 338 g/mol. The minimum atomic E-state index is -0.414. The lowest BCUT2D eigenvalue weighted by Gasteiger charge is -1.95. The third kappa shape index (κ3) is 2.27. The van der Waals surface area contributed by atoms with Crippen molar-refractivity contribution in [2.45, 2.75) is 0 Å². The molecule has 4 nitrogen and oxygen atoms in total. The van der Waals surface area contributed by atoms with Gasteiger partial charge in [-0.05, 0) is 30.3 Å². The van der Waals surface area contributed by atoms with Gasteiger partial charge in [0.15, 0.2) is 11.2 Å². The Hall–Kier alpha value is -3.54. The summed E-state index contributed by atoms with van der Waals surface area (Å²) < 4.78 is 39.2. The fourth-order valence-electron chi connectivity index (χ4n) is 2.85. The van der Waals surface area contributed by atoms with Crippen molar-refractivity contribution in [2.75, 3.05) is 0 Å². The van der Waals surface area contributed by atoms with Crippen LogP contribution in [0.25, 0.3) is 45.1 Å². The molecule has 0 atom stereocenters. The lowest BCUT2D eigenvalue weighted by molar-refractivity contribution is 0.588. The largest absolute Gasteiger partial charge is 0.436 e. The van der Waals surface area contributed by atoms with Crippen LogP contribution >= 0.6 is 0 Å². The smallest absolute Gasteiger partial charge is 0.230 e. The number of rotatable bonds is 2. The van der Waals surface area contributed by atoms with Gasteiger partial charge in [-0.1, -0.05) is 24.3 Å². The molecule has 0 bridgehead atoms. The molecule has 0 unspecified atom stereocenters. The predicted molar refractivity (Wildman–Crippen MR) is 92.4 cm³/mol. The van der Waals surface area contributed by atoms with Crippen molar-refractivity contribution in [3.63, 3.8) is 0 Å². The first-order chi connectivity index (χ1) is 12.7. The number of halogens is 2. The van der Waals surface area contributed by atoms with Gasteiger partial charge in [-0.2, -0.15) is 0 Å². The molecule has 126 valence electrons. The summed E-state index contributed by atoms with van der Waals surface area (Å²) in [6.45, 7) is 0. The van der Waals surface area contributed by atoms with Gasteiger partial charge in [0.1, 0.15) is 22.7 Å². The van der Waals surface area contributed by atoms with E-state index in [1.165, 1.54) is 12.1 Å². The van der Waals surface area contributed by atoms with Gasteiger partial charge < -0.3 is 8.83 Å². The van der Waals surface area contributed by atoms with Crippen LogP contribution in [0.15, 0.2) is 69.5 Å². The van der Waals surface area contributed by atoms with E-state index in [1.807, 2.05) is 0 Å². The van der Waals surface area contributed by atoms with Gasteiger partial charge in [-0.3, -0.25) is 0 Å². The molecule has 0 radical (unpaired) electrons. The molecule has 0 N–H and O–H groups in total. The van der Waals surface area contributed by atoms with E-state index >= 15 is 0 Å². The van der Waals surface area contributed by atoms with Crippen molar-refractivity contribution < 1.29 is 17.6 Å². The Morgan fingerprint density at radius 1 is 0.615 bits per heavy atom. The Morgan fingerprint density at radius 2 is 1.08 bits per heavy atom. The van der Waals surface area contributed by atoms with Crippen LogP contribution < -0.4 is 0 Å². The summed E-state index contributed by atoms with van der Waals surface area (Å²) in [5, 5.41) is 0. The lowest BCUT2D eigenvalue weighted by Crippen LogP contribution is -1.82. The highest BCUT2D eigenvalue weighted by Crippen LogP contribution is 2.31. The molecule has 0 spiro atoms. The first kappa shape index (κ1) is 14.8. The molecule has 3 aromatic carbocycles. The second-order valence-corrected chi connectivity index (χ2v) is 5.79. The second-order valence-electron chi connectivity index (χ2n) is 5.79. The quantitative estimate of drug-likeness (QED) is 0.418. The van der Waals surface area contributed by atoms with Crippen molar-refractivity contribution in [3.05, 3.63) is 72.3 Å². The normalized spacial score (nSPS) is 11.5. The van der Waals surface area contributed by atoms with Gasteiger partial charge >= 0.3 is 0 Å². The zero-order valence-corrected chi connectivity index (χ0v) is 13.2. The van der Waals surface area contributed by atoms with E-state index in [1.54, 1.807) is 48.5 Å². The average molecular weight is 348 g/mol. The zero-order valence-electron chi connectivity index (χ0n) is 13.2. The molecule has 0 fully saturated rings. The highest BCUT2D eigenvalue weighted by Gasteiger charge is 2.16. The van der Waals surface area contributed by atoms with Crippen LogP contribution in [0.3, 0.4) is 0 Å². The number of oxazole rings is 2. The molecule has 2 aromatic heterocycles. The maximum atomic E-state index is 13.9. The van der Waals surface area contributed by atoms with E-state index in [9.17, 15) is 8.78 Å². The summed E-state index contributed by atoms with van der Waals surface area (Å²) in [7, 11) is 0. The van der Waals surface area contributed by atoms with E-state index in [2.05, 4.69) is 9.97 Å². The molecule has 0 amide bonds. The van der Waals surface area contributed by atoms with Crippen molar-refractivity contribution >= 4 is 22.2 Å². The average Bonchev–Trinajstić information content (AvgIpc) is 3.23. The fourth-order valence-corrected chi connectivity index (χ4v) is 2.85. The Balaban J connectivity index is 1.66. The Bertz CT molecular complexity index is 1130. The van der Waals surface area contributed by atoms with Gasteiger partial charge in [0, 0.05) is 6.07 Å². The van der Waals surface area contributed by atoms with Crippen molar-refractivity contribution in [1.82, 2.24) is 9.97 Å². The van der Waals surface area contributed by atoms with Crippen LogP contribution in [-0.4, -0.2) is 9.97 Å². The van der Waals surface area contributed by atoms with Crippen molar-refractivity contribution in [1.29, 1.82) is 0 Å². The van der Waals surface area contributed by atoms with Crippen LogP contribution in [0.4, 0.5) is 8.78 Å². The standard InChI is InChI=1S/C20H10F2N2O2/c21-13-7-3-1-5-11(13)19-23-15-9-16-18(10-17(15)25-19)26-20(24-16)12-6-2-4-8-14(12)22/h1-10H. The molecule has 5 rings (SSSR count). The third-order valence-corrected chi connectivity index (χ3v) is 4.11. The summed E-state index contributed by atoms with van der Waals surface area (Å²) >= 11 is 0. The summed E-state index contributed by atoms with van der Waals surface area (Å²) in [6.07, 6.45) is 0. The molecular formula is C20H10F2N2O2. The molecule has 0 aliphatic carbocycles. The molecule has 0 aliphatic rings.